The molecule has 1 aromatic carbocycles. The van der Waals surface area contributed by atoms with Gasteiger partial charge in [0.15, 0.2) is 0 Å². The van der Waals surface area contributed by atoms with Crippen molar-refractivity contribution in [2.24, 2.45) is 0 Å². The van der Waals surface area contributed by atoms with E-state index in [1.165, 1.54) is 6.26 Å². The molecule has 3 rings (SSSR count). The topological polar surface area (TPSA) is 74.9 Å². The second kappa shape index (κ2) is 9.58. The van der Waals surface area contributed by atoms with Crippen molar-refractivity contribution in [2.45, 2.75) is 18.8 Å². The van der Waals surface area contributed by atoms with Crippen molar-refractivity contribution in [3.8, 4) is 0 Å². The molecule has 1 amide bonds. The minimum atomic E-state index is -0.871. The molecule has 6 nitrogen and oxygen atoms in total. The summed E-state index contributed by atoms with van der Waals surface area (Å²) in [5.74, 6) is 0.320. The molecule has 2 unspecified atom stereocenters. The van der Waals surface area contributed by atoms with E-state index in [1.807, 2.05) is 30.3 Å². The normalized spacial score (nSPS) is 18.2. The number of carbonyl (C=O) groups excluding carboxylic acids is 1. The number of ether oxygens (including phenoxy) is 1. The second-order valence-electron chi connectivity index (χ2n) is 5.80. The molecule has 0 saturated carbocycles. The van der Waals surface area contributed by atoms with Gasteiger partial charge in [0.25, 0.3) is 5.91 Å². The Labute approximate surface area is 153 Å². The zero-order valence-electron chi connectivity index (χ0n) is 13.8. The molecule has 0 bridgehead atoms. The van der Waals surface area contributed by atoms with E-state index in [1.54, 1.807) is 17.0 Å². The summed E-state index contributed by atoms with van der Waals surface area (Å²) >= 11 is 0. The average Bonchev–Trinajstić information content (AvgIpc) is 3.17. The molecule has 2 N–H and O–H groups in total. The van der Waals surface area contributed by atoms with Gasteiger partial charge in [-0.2, -0.15) is 0 Å². The number of nitrogens with one attached hydrogen (secondary N) is 1. The van der Waals surface area contributed by atoms with Crippen molar-refractivity contribution < 1.29 is 19.1 Å². The van der Waals surface area contributed by atoms with Gasteiger partial charge in [-0.15, -0.1) is 12.4 Å². The average molecular weight is 367 g/mol. The Bertz CT molecular complexity index is 630. The number of rotatable bonds is 6. The fourth-order valence-electron chi connectivity index (χ4n) is 2.74. The summed E-state index contributed by atoms with van der Waals surface area (Å²) < 4.78 is 10.8. The number of amides is 1. The van der Waals surface area contributed by atoms with E-state index in [9.17, 15) is 9.90 Å². The van der Waals surface area contributed by atoms with Crippen LogP contribution in [0.15, 0.2) is 53.1 Å². The number of furan rings is 1. The number of aliphatic hydroxyl groups excluding tert-OH is 1. The van der Waals surface area contributed by atoms with Gasteiger partial charge >= 0.3 is 0 Å². The van der Waals surface area contributed by atoms with E-state index < -0.39 is 12.2 Å². The number of hydrogen-bond donors (Lipinski definition) is 2. The van der Waals surface area contributed by atoms with E-state index in [-0.39, 0.29) is 24.9 Å². The lowest BCUT2D eigenvalue weighted by Gasteiger charge is -2.31. The van der Waals surface area contributed by atoms with Crippen LogP contribution >= 0.6 is 12.4 Å². The van der Waals surface area contributed by atoms with Gasteiger partial charge in [0.05, 0.1) is 19.4 Å². The van der Waals surface area contributed by atoms with Gasteiger partial charge in [0, 0.05) is 19.6 Å². The Kier molecular flexibility index (Phi) is 7.46. The number of nitrogens with zero attached hydrogens (tertiary/aromatic N) is 1. The van der Waals surface area contributed by atoms with E-state index in [2.05, 4.69) is 5.32 Å². The van der Waals surface area contributed by atoms with Crippen LogP contribution in [0.4, 0.5) is 0 Å². The highest BCUT2D eigenvalue weighted by atomic mass is 35.5. The number of morpholine rings is 1. The van der Waals surface area contributed by atoms with Crippen LogP contribution < -0.4 is 5.32 Å². The molecule has 2 aromatic rings. The fraction of sp³-hybridized carbons (Fsp3) is 0.389. The molecule has 25 heavy (non-hydrogen) atoms. The molecule has 1 aliphatic rings. The van der Waals surface area contributed by atoms with Crippen LogP contribution in [0.25, 0.3) is 0 Å². The summed E-state index contributed by atoms with van der Waals surface area (Å²) in [6.07, 6.45) is 0.117. The lowest BCUT2D eigenvalue weighted by molar-refractivity contribution is -0.147. The maximum Gasteiger partial charge on any atom is 0.253 e. The summed E-state index contributed by atoms with van der Waals surface area (Å²) in [6.45, 7) is 2.31. The molecule has 0 radical (unpaired) electrons. The molecule has 1 aromatic heterocycles. The van der Waals surface area contributed by atoms with Crippen LogP contribution in [0, 0.1) is 0 Å². The van der Waals surface area contributed by atoms with E-state index in [0.717, 1.165) is 12.1 Å². The monoisotopic (exact) mass is 366 g/mol. The third-order valence-corrected chi connectivity index (χ3v) is 4.00. The largest absolute Gasteiger partial charge is 0.467 e. The van der Waals surface area contributed by atoms with E-state index >= 15 is 0 Å². The third-order valence-electron chi connectivity index (χ3n) is 4.00. The molecule has 1 fully saturated rings. The Morgan fingerprint density at radius 2 is 2.08 bits per heavy atom. The van der Waals surface area contributed by atoms with Gasteiger partial charge in [0.2, 0.25) is 0 Å². The van der Waals surface area contributed by atoms with Gasteiger partial charge in [-0.1, -0.05) is 30.3 Å². The fourth-order valence-corrected chi connectivity index (χ4v) is 2.74. The first-order chi connectivity index (χ1) is 11.7. The van der Waals surface area contributed by atoms with Crippen molar-refractivity contribution >= 4 is 18.3 Å². The number of hydrogen-bond acceptors (Lipinski definition) is 5. The predicted molar refractivity (Wildman–Crippen MR) is 95.4 cm³/mol. The van der Waals surface area contributed by atoms with E-state index in [4.69, 9.17) is 9.15 Å². The van der Waals surface area contributed by atoms with Crippen LogP contribution in [-0.4, -0.2) is 48.3 Å². The number of halogens is 1. The van der Waals surface area contributed by atoms with Gasteiger partial charge in [-0.05, 0) is 17.7 Å². The minimum absolute atomic E-state index is 0. The zero-order chi connectivity index (χ0) is 16.8. The molecule has 0 aliphatic carbocycles. The SMILES string of the molecule is Cl.O=C(C1CNCCO1)N(Cc1ccccc1)CC(O)c1ccco1. The van der Waals surface area contributed by atoms with Gasteiger partial charge in [0.1, 0.15) is 18.0 Å². The van der Waals surface area contributed by atoms with E-state index in [0.29, 0.717) is 25.5 Å². The van der Waals surface area contributed by atoms with Gasteiger partial charge < -0.3 is 24.5 Å². The van der Waals surface area contributed by atoms with Crippen LogP contribution in [0.1, 0.15) is 17.4 Å². The van der Waals surface area contributed by atoms with Gasteiger partial charge in [-0.25, -0.2) is 0 Å². The van der Waals surface area contributed by atoms with Gasteiger partial charge in [-0.3, -0.25) is 4.79 Å². The highest BCUT2D eigenvalue weighted by Crippen LogP contribution is 2.18. The van der Waals surface area contributed by atoms with Crippen LogP contribution in [0.2, 0.25) is 0 Å². The Balaban J connectivity index is 0.00000225. The predicted octanol–water partition coefficient (Wildman–Crippen LogP) is 1.75. The first kappa shape index (κ1) is 19.5. The Hall–Kier alpha value is -1.86. The number of carbonyl (C=O) groups is 1. The van der Waals surface area contributed by atoms with Crippen LogP contribution in [0.3, 0.4) is 0 Å². The molecular weight excluding hydrogens is 344 g/mol. The summed E-state index contributed by atoms with van der Waals surface area (Å²) in [5.41, 5.74) is 1.00. The third kappa shape index (κ3) is 5.31. The minimum Gasteiger partial charge on any atom is -0.467 e. The lowest BCUT2D eigenvalue weighted by atomic mass is 10.1. The maximum atomic E-state index is 12.8. The molecule has 0 spiro atoms. The maximum absolute atomic E-state index is 12.8. The molecule has 136 valence electrons. The first-order valence-corrected chi connectivity index (χ1v) is 8.10. The highest BCUT2D eigenvalue weighted by molar-refractivity contribution is 5.85. The molecule has 2 atom stereocenters. The van der Waals surface area contributed by atoms with Crippen molar-refractivity contribution in [3.63, 3.8) is 0 Å². The molecule has 7 heteroatoms. The second-order valence-corrected chi connectivity index (χ2v) is 5.80. The molecular formula is C18H23ClN2O4. The zero-order valence-corrected chi connectivity index (χ0v) is 14.7. The first-order valence-electron chi connectivity index (χ1n) is 8.10. The standard InChI is InChI=1S/C18H22N2O4.ClH/c21-15(16-7-4-9-23-16)13-20(12-14-5-2-1-3-6-14)18(22)17-11-19-8-10-24-17;/h1-7,9,15,17,19,21H,8,10-13H2;1H. The highest BCUT2D eigenvalue weighted by Gasteiger charge is 2.29. The Morgan fingerprint density at radius 1 is 1.28 bits per heavy atom. The molecule has 1 saturated heterocycles. The van der Waals surface area contributed by atoms with Crippen molar-refractivity contribution in [1.82, 2.24) is 10.2 Å². The van der Waals surface area contributed by atoms with Crippen molar-refractivity contribution in [3.05, 3.63) is 60.1 Å². The summed E-state index contributed by atoms with van der Waals surface area (Å²) in [7, 11) is 0. The van der Waals surface area contributed by atoms with Crippen molar-refractivity contribution in [1.29, 1.82) is 0 Å². The lowest BCUT2D eigenvalue weighted by Crippen LogP contribution is -2.50. The Morgan fingerprint density at radius 3 is 2.72 bits per heavy atom. The summed E-state index contributed by atoms with van der Waals surface area (Å²) in [5, 5.41) is 13.5. The smallest absolute Gasteiger partial charge is 0.253 e. The molecule has 2 heterocycles. The number of benzene rings is 1. The number of aliphatic hydroxyl groups is 1. The van der Waals surface area contributed by atoms with Crippen molar-refractivity contribution in [2.75, 3.05) is 26.2 Å². The molecule has 1 aliphatic heterocycles. The quantitative estimate of drug-likeness (QED) is 0.814. The summed E-state index contributed by atoms with van der Waals surface area (Å²) in [6, 6.07) is 13.1. The van der Waals surface area contributed by atoms with Crippen LogP contribution in [-0.2, 0) is 16.1 Å². The summed E-state index contributed by atoms with van der Waals surface area (Å²) in [4.78, 5) is 14.5. The van der Waals surface area contributed by atoms with Crippen LogP contribution in [0.5, 0.6) is 0 Å².